The molecule has 0 aliphatic rings. The maximum absolute atomic E-state index is 9.70. The molecule has 0 fully saturated rings. The van der Waals surface area contributed by atoms with Crippen molar-refractivity contribution in [3.63, 3.8) is 0 Å². The molecule has 4 nitrogen and oxygen atoms in total. The average molecular weight is 252 g/mol. The number of phenolic OH excluding ortho intramolecular Hbond substituents is 1. The van der Waals surface area contributed by atoms with Crippen molar-refractivity contribution in [2.75, 3.05) is 6.54 Å². The average Bonchev–Trinajstić information content (AvgIpc) is 2.30. The van der Waals surface area contributed by atoms with Gasteiger partial charge in [-0.15, -0.1) is 12.4 Å². The van der Waals surface area contributed by atoms with Crippen molar-refractivity contribution in [3.05, 3.63) is 42.4 Å². The second kappa shape index (κ2) is 6.18. The zero-order valence-corrected chi connectivity index (χ0v) is 10.0. The summed E-state index contributed by atoms with van der Waals surface area (Å²) >= 11 is 0. The second-order valence-corrected chi connectivity index (χ2v) is 3.41. The fourth-order valence-electron chi connectivity index (χ4n) is 1.49. The summed E-state index contributed by atoms with van der Waals surface area (Å²) in [6, 6.07) is 8.87. The minimum atomic E-state index is 0. The van der Waals surface area contributed by atoms with Crippen molar-refractivity contribution in [1.82, 2.24) is 9.97 Å². The van der Waals surface area contributed by atoms with Gasteiger partial charge < -0.3 is 10.8 Å². The van der Waals surface area contributed by atoms with E-state index in [4.69, 9.17) is 5.73 Å². The summed E-state index contributed by atoms with van der Waals surface area (Å²) < 4.78 is 0. The zero-order valence-electron chi connectivity index (χ0n) is 9.21. The third kappa shape index (κ3) is 3.15. The molecular formula is C12H14ClN3O. The van der Waals surface area contributed by atoms with Crippen LogP contribution in [-0.2, 0) is 6.42 Å². The first-order valence-electron chi connectivity index (χ1n) is 5.11. The number of nitrogens with zero attached hydrogens (tertiary/aromatic N) is 2. The van der Waals surface area contributed by atoms with E-state index in [2.05, 4.69) is 9.97 Å². The molecule has 0 saturated carbocycles. The lowest BCUT2D eigenvalue weighted by Gasteiger charge is -2.04. The summed E-state index contributed by atoms with van der Waals surface area (Å²) in [5, 5.41) is 9.70. The van der Waals surface area contributed by atoms with E-state index in [9.17, 15) is 5.11 Å². The predicted molar refractivity (Wildman–Crippen MR) is 69.1 cm³/mol. The Morgan fingerprint density at radius 3 is 2.65 bits per heavy atom. The van der Waals surface area contributed by atoms with Gasteiger partial charge in [-0.25, -0.2) is 9.97 Å². The van der Waals surface area contributed by atoms with Crippen molar-refractivity contribution in [3.8, 4) is 17.0 Å². The smallest absolute Gasteiger partial charge is 0.130 e. The van der Waals surface area contributed by atoms with Crippen LogP contribution in [0.3, 0.4) is 0 Å². The molecule has 0 amide bonds. The van der Waals surface area contributed by atoms with Crippen LogP contribution in [0.4, 0.5) is 0 Å². The summed E-state index contributed by atoms with van der Waals surface area (Å²) in [6.45, 7) is 0.518. The number of para-hydroxylation sites is 1. The topological polar surface area (TPSA) is 72.0 Å². The molecule has 0 radical (unpaired) electrons. The van der Waals surface area contributed by atoms with Crippen LogP contribution in [0.25, 0.3) is 11.3 Å². The Labute approximate surface area is 106 Å². The molecule has 1 heterocycles. The first kappa shape index (κ1) is 13.4. The molecule has 0 unspecified atom stereocenters. The minimum Gasteiger partial charge on any atom is -0.507 e. The van der Waals surface area contributed by atoms with E-state index in [1.807, 2.05) is 12.1 Å². The van der Waals surface area contributed by atoms with Gasteiger partial charge in [0.1, 0.15) is 11.6 Å². The van der Waals surface area contributed by atoms with Gasteiger partial charge in [-0.05, 0) is 24.7 Å². The van der Waals surface area contributed by atoms with Crippen molar-refractivity contribution < 1.29 is 5.11 Å². The molecule has 2 aromatic rings. The Bertz CT molecular complexity index is 491. The van der Waals surface area contributed by atoms with Crippen LogP contribution >= 0.6 is 12.4 Å². The molecule has 90 valence electrons. The highest BCUT2D eigenvalue weighted by Gasteiger charge is 2.05. The van der Waals surface area contributed by atoms with Crippen LogP contribution in [-0.4, -0.2) is 21.6 Å². The Kier molecular flexibility index (Phi) is 4.87. The SMILES string of the molecule is Cl.NCCc1nccc(-c2ccccc2O)n1. The van der Waals surface area contributed by atoms with Crippen molar-refractivity contribution in [2.45, 2.75) is 6.42 Å². The zero-order chi connectivity index (χ0) is 11.4. The van der Waals surface area contributed by atoms with Crippen molar-refractivity contribution in [2.24, 2.45) is 5.73 Å². The van der Waals surface area contributed by atoms with Crippen molar-refractivity contribution in [1.29, 1.82) is 0 Å². The molecular weight excluding hydrogens is 238 g/mol. The number of rotatable bonds is 3. The second-order valence-electron chi connectivity index (χ2n) is 3.41. The summed E-state index contributed by atoms with van der Waals surface area (Å²) in [4.78, 5) is 8.45. The number of hydrogen-bond donors (Lipinski definition) is 2. The van der Waals surface area contributed by atoms with Crippen LogP contribution in [0.15, 0.2) is 36.5 Å². The molecule has 0 bridgehead atoms. The summed E-state index contributed by atoms with van der Waals surface area (Å²) in [7, 11) is 0. The number of hydrogen-bond acceptors (Lipinski definition) is 4. The minimum absolute atomic E-state index is 0. The lowest BCUT2D eigenvalue weighted by Crippen LogP contribution is -2.06. The standard InChI is InChI=1S/C12H13N3O.ClH/c13-7-5-12-14-8-6-10(15-12)9-3-1-2-4-11(9)16;/h1-4,6,8,16H,5,7,13H2;1H. The van der Waals surface area contributed by atoms with E-state index in [0.717, 1.165) is 5.69 Å². The molecule has 1 aromatic heterocycles. The van der Waals surface area contributed by atoms with Crippen LogP contribution < -0.4 is 5.73 Å². The van der Waals surface area contributed by atoms with Crippen LogP contribution in [0.5, 0.6) is 5.75 Å². The number of aromatic hydroxyl groups is 1. The van der Waals surface area contributed by atoms with Gasteiger partial charge in [0.2, 0.25) is 0 Å². The number of benzene rings is 1. The van der Waals surface area contributed by atoms with Crippen LogP contribution in [0.1, 0.15) is 5.82 Å². The molecule has 0 aliphatic heterocycles. The number of halogens is 1. The van der Waals surface area contributed by atoms with E-state index in [1.54, 1.807) is 24.4 Å². The van der Waals surface area contributed by atoms with E-state index in [0.29, 0.717) is 24.4 Å². The molecule has 5 heteroatoms. The highest BCUT2D eigenvalue weighted by Crippen LogP contribution is 2.26. The van der Waals surface area contributed by atoms with Gasteiger partial charge in [-0.2, -0.15) is 0 Å². The predicted octanol–water partition coefficient (Wildman–Crippen LogP) is 1.77. The number of aromatic nitrogens is 2. The highest BCUT2D eigenvalue weighted by molar-refractivity contribution is 5.85. The Morgan fingerprint density at radius 2 is 1.94 bits per heavy atom. The van der Waals surface area contributed by atoms with E-state index < -0.39 is 0 Å². The molecule has 0 saturated heterocycles. The normalized spacial score (nSPS) is 9.71. The third-order valence-corrected chi connectivity index (χ3v) is 2.25. The van der Waals surface area contributed by atoms with Gasteiger partial charge in [0.05, 0.1) is 5.69 Å². The first-order chi connectivity index (χ1) is 7.81. The molecule has 1 aromatic carbocycles. The summed E-state index contributed by atoms with van der Waals surface area (Å²) in [6.07, 6.45) is 2.32. The van der Waals surface area contributed by atoms with Gasteiger partial charge >= 0.3 is 0 Å². The lowest BCUT2D eigenvalue weighted by atomic mass is 10.1. The van der Waals surface area contributed by atoms with Crippen LogP contribution in [0.2, 0.25) is 0 Å². The van der Waals surface area contributed by atoms with Crippen molar-refractivity contribution >= 4 is 12.4 Å². The number of nitrogens with two attached hydrogens (primary N) is 1. The number of phenols is 1. The third-order valence-electron chi connectivity index (χ3n) is 2.25. The van der Waals surface area contributed by atoms with E-state index in [1.165, 1.54) is 0 Å². The summed E-state index contributed by atoms with van der Waals surface area (Å²) in [5.74, 6) is 0.920. The molecule has 0 atom stereocenters. The van der Waals surface area contributed by atoms with Gasteiger partial charge in [0.25, 0.3) is 0 Å². The van der Waals surface area contributed by atoms with Gasteiger partial charge in [-0.1, -0.05) is 12.1 Å². The highest BCUT2D eigenvalue weighted by atomic mass is 35.5. The molecule has 17 heavy (non-hydrogen) atoms. The Balaban J connectivity index is 0.00000144. The monoisotopic (exact) mass is 251 g/mol. The quantitative estimate of drug-likeness (QED) is 0.872. The maximum Gasteiger partial charge on any atom is 0.130 e. The molecule has 0 aliphatic carbocycles. The molecule has 2 rings (SSSR count). The Morgan fingerprint density at radius 1 is 1.18 bits per heavy atom. The lowest BCUT2D eigenvalue weighted by molar-refractivity contribution is 0.477. The van der Waals surface area contributed by atoms with Gasteiger partial charge in [0.15, 0.2) is 0 Å². The summed E-state index contributed by atoms with van der Waals surface area (Å²) in [5.41, 5.74) is 6.88. The molecule has 0 spiro atoms. The van der Waals surface area contributed by atoms with E-state index in [-0.39, 0.29) is 18.2 Å². The fraction of sp³-hybridized carbons (Fsp3) is 0.167. The Hall–Kier alpha value is -1.65. The maximum atomic E-state index is 9.70. The van der Waals surface area contributed by atoms with Crippen LogP contribution in [0, 0.1) is 0 Å². The van der Waals surface area contributed by atoms with Gasteiger partial charge in [-0.3, -0.25) is 0 Å². The molecule has 3 N–H and O–H groups in total. The van der Waals surface area contributed by atoms with Gasteiger partial charge in [0, 0.05) is 18.2 Å². The largest absolute Gasteiger partial charge is 0.507 e. The fourth-order valence-corrected chi connectivity index (χ4v) is 1.49. The first-order valence-corrected chi connectivity index (χ1v) is 5.11. The van der Waals surface area contributed by atoms with E-state index >= 15 is 0 Å².